The summed E-state index contributed by atoms with van der Waals surface area (Å²) in [5.74, 6) is -0.257. The second-order valence-corrected chi connectivity index (χ2v) is 5.60. The molecule has 4 heteroatoms. The maximum atomic E-state index is 13.8. The molecule has 1 aliphatic heterocycles. The molecular weight excluding hydrogens is 239 g/mol. The average molecular weight is 256 g/mol. The fourth-order valence-electron chi connectivity index (χ4n) is 2.00. The van der Waals surface area contributed by atoms with E-state index in [2.05, 4.69) is 0 Å². The Kier molecular flexibility index (Phi) is 4.07. The zero-order chi connectivity index (χ0) is 12.4. The van der Waals surface area contributed by atoms with Gasteiger partial charge >= 0.3 is 0 Å². The van der Waals surface area contributed by atoms with Crippen molar-refractivity contribution in [3.05, 3.63) is 29.6 Å². The summed E-state index contributed by atoms with van der Waals surface area (Å²) >= 11 is 1.48. The summed E-state index contributed by atoms with van der Waals surface area (Å²) in [5.41, 5.74) is 0.661. The predicted molar refractivity (Wildman–Crippen MR) is 66.7 cm³/mol. The van der Waals surface area contributed by atoms with Crippen LogP contribution >= 0.6 is 11.8 Å². The number of benzene rings is 1. The zero-order valence-electron chi connectivity index (χ0n) is 10.0. The highest BCUT2D eigenvalue weighted by molar-refractivity contribution is 8.00. The largest absolute Gasteiger partial charge is 0.389 e. The van der Waals surface area contributed by atoms with Gasteiger partial charge in [-0.1, -0.05) is 12.1 Å². The van der Waals surface area contributed by atoms with Crippen molar-refractivity contribution in [3.8, 4) is 0 Å². The van der Waals surface area contributed by atoms with Crippen LogP contribution in [0.15, 0.2) is 23.1 Å². The monoisotopic (exact) mass is 256 g/mol. The van der Waals surface area contributed by atoms with Crippen LogP contribution in [-0.4, -0.2) is 23.1 Å². The van der Waals surface area contributed by atoms with E-state index in [4.69, 9.17) is 4.74 Å². The molecule has 0 radical (unpaired) electrons. The molecule has 1 saturated heterocycles. The Morgan fingerprint density at radius 2 is 2.29 bits per heavy atom. The fourth-order valence-corrected chi connectivity index (χ4v) is 3.34. The molecule has 1 heterocycles. The van der Waals surface area contributed by atoms with Crippen molar-refractivity contribution in [3.63, 3.8) is 0 Å². The quantitative estimate of drug-likeness (QED) is 0.901. The van der Waals surface area contributed by atoms with Crippen molar-refractivity contribution in [1.82, 2.24) is 0 Å². The van der Waals surface area contributed by atoms with Crippen LogP contribution in [0.1, 0.15) is 31.9 Å². The Hall–Kier alpha value is -0.580. The standard InChI is InChI=1S/C13H17FO2S/c1-8(15)10-4-3-5-11(14)13(10)17-12-6-7-16-9(12)2/h3-5,8-9,12,15H,6-7H2,1-2H3/t8-,9?,12?/m0/s1. The second-order valence-electron chi connectivity index (χ2n) is 4.36. The number of aliphatic hydroxyl groups excluding tert-OH is 1. The lowest BCUT2D eigenvalue weighted by atomic mass is 10.1. The van der Waals surface area contributed by atoms with E-state index in [0.29, 0.717) is 10.5 Å². The van der Waals surface area contributed by atoms with E-state index in [-0.39, 0.29) is 17.2 Å². The van der Waals surface area contributed by atoms with Crippen molar-refractivity contribution in [1.29, 1.82) is 0 Å². The van der Waals surface area contributed by atoms with Crippen LogP contribution in [0.5, 0.6) is 0 Å². The Balaban J connectivity index is 2.24. The molecule has 0 saturated carbocycles. The van der Waals surface area contributed by atoms with Crippen LogP contribution in [0.3, 0.4) is 0 Å². The second kappa shape index (κ2) is 5.38. The van der Waals surface area contributed by atoms with E-state index in [0.717, 1.165) is 13.0 Å². The topological polar surface area (TPSA) is 29.5 Å². The third-order valence-electron chi connectivity index (χ3n) is 3.02. The summed E-state index contributed by atoms with van der Waals surface area (Å²) in [7, 11) is 0. The highest BCUT2D eigenvalue weighted by Crippen LogP contribution is 2.37. The third-order valence-corrected chi connectivity index (χ3v) is 4.61. The summed E-state index contributed by atoms with van der Waals surface area (Å²) < 4.78 is 19.3. The SMILES string of the molecule is CC1OCCC1Sc1c(F)cccc1[C@H](C)O. The number of rotatable bonds is 3. The van der Waals surface area contributed by atoms with Gasteiger partial charge in [0.15, 0.2) is 0 Å². The van der Waals surface area contributed by atoms with Gasteiger partial charge in [0.1, 0.15) is 5.82 Å². The first-order valence-electron chi connectivity index (χ1n) is 5.84. The first-order chi connectivity index (χ1) is 8.09. The highest BCUT2D eigenvalue weighted by Gasteiger charge is 2.27. The van der Waals surface area contributed by atoms with Gasteiger partial charge in [0, 0.05) is 16.8 Å². The lowest BCUT2D eigenvalue weighted by Gasteiger charge is -2.18. The Morgan fingerprint density at radius 1 is 1.53 bits per heavy atom. The van der Waals surface area contributed by atoms with E-state index in [9.17, 15) is 9.50 Å². The molecule has 2 nitrogen and oxygen atoms in total. The van der Waals surface area contributed by atoms with E-state index in [1.807, 2.05) is 6.92 Å². The van der Waals surface area contributed by atoms with Crippen LogP contribution < -0.4 is 0 Å². The molecule has 2 unspecified atom stereocenters. The van der Waals surface area contributed by atoms with E-state index < -0.39 is 6.10 Å². The number of aliphatic hydroxyl groups is 1. The van der Waals surface area contributed by atoms with Gasteiger partial charge < -0.3 is 9.84 Å². The summed E-state index contributed by atoms with van der Waals surface area (Å²) in [5, 5.41) is 9.93. The number of thioether (sulfide) groups is 1. The summed E-state index contributed by atoms with van der Waals surface area (Å²) in [6.45, 7) is 4.40. The van der Waals surface area contributed by atoms with Gasteiger partial charge in [-0.15, -0.1) is 11.8 Å². The molecule has 2 rings (SSSR count). The van der Waals surface area contributed by atoms with Crippen molar-refractivity contribution in [2.24, 2.45) is 0 Å². The van der Waals surface area contributed by atoms with Crippen LogP contribution in [0.4, 0.5) is 4.39 Å². The van der Waals surface area contributed by atoms with Crippen LogP contribution in [0.25, 0.3) is 0 Å². The van der Waals surface area contributed by atoms with E-state index >= 15 is 0 Å². The number of halogens is 1. The minimum atomic E-state index is -0.647. The summed E-state index contributed by atoms with van der Waals surface area (Å²) in [6.07, 6.45) is 0.423. The van der Waals surface area contributed by atoms with Gasteiger partial charge in [0.05, 0.1) is 12.2 Å². The molecule has 1 aromatic rings. The molecule has 1 aromatic carbocycles. The van der Waals surface area contributed by atoms with Crippen molar-refractivity contribution < 1.29 is 14.2 Å². The van der Waals surface area contributed by atoms with Gasteiger partial charge in [-0.25, -0.2) is 4.39 Å². The van der Waals surface area contributed by atoms with E-state index in [1.54, 1.807) is 19.1 Å². The lowest BCUT2D eigenvalue weighted by molar-refractivity contribution is 0.127. The number of ether oxygens (including phenoxy) is 1. The molecule has 94 valence electrons. The van der Waals surface area contributed by atoms with Crippen molar-refractivity contribution in [2.75, 3.05) is 6.61 Å². The molecule has 1 aliphatic rings. The van der Waals surface area contributed by atoms with Crippen LogP contribution in [0, 0.1) is 5.82 Å². The minimum Gasteiger partial charge on any atom is -0.389 e. The minimum absolute atomic E-state index is 0.140. The molecule has 0 spiro atoms. The Morgan fingerprint density at radius 3 is 2.88 bits per heavy atom. The molecule has 0 bridgehead atoms. The molecule has 1 N–H and O–H groups in total. The molecule has 0 aromatic heterocycles. The number of hydrogen-bond acceptors (Lipinski definition) is 3. The van der Waals surface area contributed by atoms with Gasteiger partial charge in [-0.2, -0.15) is 0 Å². The molecule has 1 fully saturated rings. The van der Waals surface area contributed by atoms with Gasteiger partial charge in [0.25, 0.3) is 0 Å². The van der Waals surface area contributed by atoms with Gasteiger partial charge in [-0.3, -0.25) is 0 Å². The average Bonchev–Trinajstić information content (AvgIpc) is 2.67. The summed E-state index contributed by atoms with van der Waals surface area (Å²) in [6, 6.07) is 4.85. The molecule has 3 atom stereocenters. The first kappa shape index (κ1) is 12.9. The predicted octanol–water partition coefficient (Wildman–Crippen LogP) is 3.15. The first-order valence-corrected chi connectivity index (χ1v) is 6.72. The van der Waals surface area contributed by atoms with Crippen LogP contribution in [0.2, 0.25) is 0 Å². The molecular formula is C13H17FO2S. The zero-order valence-corrected chi connectivity index (χ0v) is 10.8. The number of hydrogen-bond donors (Lipinski definition) is 1. The highest BCUT2D eigenvalue weighted by atomic mass is 32.2. The van der Waals surface area contributed by atoms with Gasteiger partial charge in [-0.05, 0) is 31.9 Å². The third kappa shape index (κ3) is 2.81. The van der Waals surface area contributed by atoms with E-state index in [1.165, 1.54) is 17.8 Å². The maximum Gasteiger partial charge on any atom is 0.137 e. The van der Waals surface area contributed by atoms with Crippen molar-refractivity contribution in [2.45, 2.75) is 42.6 Å². The maximum absolute atomic E-state index is 13.8. The van der Waals surface area contributed by atoms with Crippen molar-refractivity contribution >= 4 is 11.8 Å². The Labute approximate surface area is 105 Å². The lowest BCUT2D eigenvalue weighted by Crippen LogP contribution is -2.14. The normalized spacial score (nSPS) is 26.1. The molecule has 17 heavy (non-hydrogen) atoms. The molecule has 0 amide bonds. The molecule has 0 aliphatic carbocycles. The fraction of sp³-hybridized carbons (Fsp3) is 0.538. The van der Waals surface area contributed by atoms with Crippen LogP contribution in [-0.2, 0) is 4.74 Å². The van der Waals surface area contributed by atoms with Gasteiger partial charge in [0.2, 0.25) is 0 Å². The Bertz CT molecular complexity index is 395. The smallest absolute Gasteiger partial charge is 0.137 e. The summed E-state index contributed by atoms with van der Waals surface area (Å²) in [4.78, 5) is 0.560.